The van der Waals surface area contributed by atoms with Gasteiger partial charge in [-0.1, -0.05) is 0 Å². The molecule has 1 aliphatic heterocycles. The van der Waals surface area contributed by atoms with E-state index in [1.165, 1.54) is 61.7 Å². The Bertz CT molecular complexity index is 2870. The van der Waals surface area contributed by atoms with Crippen molar-refractivity contribution >= 4 is 52.7 Å². The second kappa shape index (κ2) is 11.2. The molecule has 9 aromatic rings. The third-order valence-corrected chi connectivity index (χ3v) is 22.1. The van der Waals surface area contributed by atoms with E-state index in [-0.39, 0.29) is 5.41 Å². The van der Waals surface area contributed by atoms with Crippen LogP contribution >= 0.6 is 0 Å². The quantitative estimate of drug-likeness (QED) is 0.169. The number of benzene rings is 7. The van der Waals surface area contributed by atoms with Crippen LogP contribution in [0.15, 0.2) is 176 Å². The van der Waals surface area contributed by atoms with Crippen LogP contribution in [0.1, 0.15) is 25.0 Å². The number of hydrogen-bond acceptors (Lipinski definition) is 2. The zero-order valence-corrected chi connectivity index (χ0v) is 31.7. The number of para-hydroxylation sites is 1. The number of fused-ring (bicyclic) bond motifs is 10. The van der Waals surface area contributed by atoms with E-state index in [0.717, 1.165) is 22.5 Å². The van der Waals surface area contributed by atoms with Crippen molar-refractivity contribution in [3.8, 4) is 39.6 Å². The van der Waals surface area contributed by atoms with E-state index in [1.54, 1.807) is 0 Å². The second-order valence-electron chi connectivity index (χ2n) is 14.9. The van der Waals surface area contributed by atoms with Crippen LogP contribution in [0, 0.1) is 0 Å². The van der Waals surface area contributed by atoms with E-state index in [9.17, 15) is 0 Å². The van der Waals surface area contributed by atoms with Gasteiger partial charge in [-0.05, 0) is 0 Å². The van der Waals surface area contributed by atoms with Crippen LogP contribution in [0.2, 0.25) is 0 Å². The van der Waals surface area contributed by atoms with Crippen molar-refractivity contribution in [3.05, 3.63) is 187 Å². The Kier molecular flexibility index (Phi) is 6.48. The molecule has 0 saturated heterocycles. The Morgan fingerprint density at radius 3 is 1.81 bits per heavy atom. The molecule has 0 radical (unpaired) electrons. The van der Waals surface area contributed by atoms with Gasteiger partial charge in [-0.15, -0.1) is 0 Å². The number of hydrogen-bond donors (Lipinski definition) is 0. The van der Waals surface area contributed by atoms with E-state index in [1.807, 2.05) is 0 Å². The van der Waals surface area contributed by atoms with Crippen molar-refractivity contribution in [2.45, 2.75) is 19.3 Å². The molecule has 0 unspecified atom stereocenters. The Labute approximate surface area is 311 Å². The van der Waals surface area contributed by atoms with Crippen LogP contribution in [-0.2, 0) is 5.41 Å². The van der Waals surface area contributed by atoms with Gasteiger partial charge in [0.15, 0.2) is 0 Å². The molecule has 0 bridgehead atoms. The van der Waals surface area contributed by atoms with E-state index < -0.39 is 13.3 Å². The molecule has 0 spiro atoms. The van der Waals surface area contributed by atoms with Crippen molar-refractivity contribution in [2.75, 3.05) is 0 Å². The molecule has 0 N–H and O–H groups in total. The summed E-state index contributed by atoms with van der Waals surface area (Å²) in [6, 6.07) is 64.7. The first kappa shape index (κ1) is 30.6. The van der Waals surface area contributed by atoms with Crippen LogP contribution < -0.4 is 17.6 Å². The molecule has 0 atom stereocenters. The first-order valence-corrected chi connectivity index (χ1v) is 22.6. The maximum atomic E-state index is 5.80. The average molecular weight is 738 g/mol. The zero-order valence-electron chi connectivity index (χ0n) is 29.6. The second-order valence-corrected chi connectivity index (χ2v) is 22.6. The number of nitrogens with zero attached hydrogens (tertiary/aromatic N) is 3. The third kappa shape index (κ3) is 4.06. The molecule has 7 aromatic carbocycles. The molecule has 2 aromatic heterocycles. The van der Waals surface area contributed by atoms with Crippen molar-refractivity contribution in [1.82, 2.24) is 14.5 Å². The molecular weight excluding hydrogens is 703 g/mol. The molecule has 0 fully saturated rings. The summed E-state index contributed by atoms with van der Waals surface area (Å²) in [5, 5.41) is 2.43. The first-order valence-electron chi connectivity index (χ1n) is 18.4. The molecule has 3 heterocycles. The van der Waals surface area contributed by atoms with E-state index in [0.29, 0.717) is 5.95 Å². The fourth-order valence-electron chi connectivity index (χ4n) is 9.65. The van der Waals surface area contributed by atoms with Gasteiger partial charge < -0.3 is 0 Å². The summed E-state index contributed by atoms with van der Waals surface area (Å²) in [6.07, 6.45) is 0. The Morgan fingerprint density at radius 1 is 0.491 bits per heavy atom. The van der Waals surface area contributed by atoms with Gasteiger partial charge in [0.1, 0.15) is 0 Å². The van der Waals surface area contributed by atoms with Gasteiger partial charge in [0, 0.05) is 0 Å². The van der Waals surface area contributed by atoms with Crippen molar-refractivity contribution in [3.63, 3.8) is 0 Å². The number of aromatic nitrogens is 3. The van der Waals surface area contributed by atoms with E-state index >= 15 is 0 Å². The van der Waals surface area contributed by atoms with Gasteiger partial charge in [-0.25, -0.2) is 0 Å². The van der Waals surface area contributed by atoms with Crippen LogP contribution in [0.5, 0.6) is 0 Å². The van der Waals surface area contributed by atoms with Gasteiger partial charge in [-0.2, -0.15) is 0 Å². The molecule has 0 amide bonds. The fourth-order valence-corrected chi connectivity index (χ4v) is 20.6. The molecule has 53 heavy (non-hydrogen) atoms. The molecular formula is C49H35GeN3. The topological polar surface area (TPSA) is 30.7 Å². The Morgan fingerprint density at radius 2 is 1.08 bits per heavy atom. The van der Waals surface area contributed by atoms with Gasteiger partial charge in [0.25, 0.3) is 0 Å². The van der Waals surface area contributed by atoms with Gasteiger partial charge in [0.05, 0.1) is 0 Å². The molecule has 0 saturated carbocycles. The van der Waals surface area contributed by atoms with Crippen LogP contribution in [0.3, 0.4) is 0 Å². The Balaban J connectivity index is 1.33. The summed E-state index contributed by atoms with van der Waals surface area (Å²) in [5.74, 6) is 0.707. The average Bonchev–Trinajstić information content (AvgIpc) is 3.80. The summed E-state index contributed by atoms with van der Waals surface area (Å²) in [6.45, 7) is 4.71. The first-order chi connectivity index (χ1) is 26.1. The normalized spacial score (nSPS) is 14.5. The summed E-state index contributed by atoms with van der Waals surface area (Å²) in [5.41, 5.74) is 11.8. The van der Waals surface area contributed by atoms with Crippen molar-refractivity contribution in [2.24, 2.45) is 0 Å². The number of rotatable bonds is 4. The molecule has 2 aliphatic rings. The van der Waals surface area contributed by atoms with Gasteiger partial charge in [0.2, 0.25) is 0 Å². The van der Waals surface area contributed by atoms with Crippen LogP contribution in [0.25, 0.3) is 61.4 Å². The van der Waals surface area contributed by atoms with Gasteiger partial charge >= 0.3 is 313 Å². The summed E-state index contributed by atoms with van der Waals surface area (Å²) < 4.78 is 7.84. The van der Waals surface area contributed by atoms with Crippen molar-refractivity contribution < 1.29 is 0 Å². The van der Waals surface area contributed by atoms with Crippen LogP contribution in [-0.4, -0.2) is 27.8 Å². The SMILES string of the molecule is CC1(C)c2ccccc2-c2c1ccc1c3ccccc3n(-c3nc(-c4ccccc4)[c]4c(n3)-c3cccc[c]3[Ge]4([c]3ccccc3)[c]3ccccc3)c21. The molecule has 3 nitrogen and oxygen atoms in total. The van der Waals surface area contributed by atoms with Gasteiger partial charge in [-0.3, -0.25) is 0 Å². The minimum absolute atomic E-state index is 0.132. The molecule has 250 valence electrons. The zero-order chi connectivity index (χ0) is 35.3. The van der Waals surface area contributed by atoms with E-state index in [2.05, 4.69) is 194 Å². The summed E-state index contributed by atoms with van der Waals surface area (Å²) >= 11 is -3.67. The van der Waals surface area contributed by atoms with Crippen molar-refractivity contribution in [1.29, 1.82) is 0 Å². The molecule has 11 rings (SSSR count). The predicted molar refractivity (Wildman–Crippen MR) is 222 cm³/mol. The fraction of sp³-hybridized carbons (Fsp3) is 0.0612. The van der Waals surface area contributed by atoms with E-state index in [4.69, 9.17) is 9.97 Å². The monoisotopic (exact) mass is 739 g/mol. The summed E-state index contributed by atoms with van der Waals surface area (Å²) in [7, 11) is 0. The third-order valence-electron chi connectivity index (χ3n) is 11.9. The van der Waals surface area contributed by atoms with Crippen LogP contribution in [0.4, 0.5) is 0 Å². The Hall–Kier alpha value is -6.04. The standard InChI is InChI=1S/C49H35GeN3/c1-49(2)39-27-15-12-25-37(39)43-40(49)31-30-36-35-24-14-17-29-42(35)53(47(36)43)48-51-45(32-18-6-3-7-19-32)44-46(52-48)38-26-13-16-28-41(38)50(44,33-20-8-4-9-21-33)34-22-10-5-11-23-34/h3-31H,1-2H3. The summed E-state index contributed by atoms with van der Waals surface area (Å²) in [4.78, 5) is 11.6. The maximum absolute atomic E-state index is 5.80. The molecule has 1 aliphatic carbocycles. The predicted octanol–water partition coefficient (Wildman–Crippen LogP) is 8.90. The molecule has 4 heteroatoms. The minimum atomic E-state index is -3.67.